The molecule has 0 bridgehead atoms. The predicted molar refractivity (Wildman–Crippen MR) is 68.2 cm³/mol. The molecule has 0 aromatic rings. The summed E-state index contributed by atoms with van der Waals surface area (Å²) in [6, 6.07) is 0. The Balaban J connectivity index is 0.000000921. The van der Waals surface area contributed by atoms with E-state index in [-0.39, 0.29) is 5.91 Å². The van der Waals surface area contributed by atoms with E-state index < -0.39 is 0 Å². The third kappa shape index (κ3) is 4.71. The van der Waals surface area contributed by atoms with Gasteiger partial charge in [0.05, 0.1) is 4.91 Å². The molecule has 88 valence electrons. The lowest BCUT2D eigenvalue weighted by molar-refractivity contribution is -0.126. The van der Waals surface area contributed by atoms with Crippen molar-refractivity contribution in [3.63, 3.8) is 0 Å². The zero-order valence-corrected chi connectivity index (χ0v) is 11.0. The van der Waals surface area contributed by atoms with Crippen molar-refractivity contribution in [1.29, 1.82) is 0 Å². The van der Waals surface area contributed by atoms with E-state index >= 15 is 0 Å². The molecule has 0 aliphatic carbocycles. The number of rotatable bonds is 1. The largest absolute Gasteiger partial charge is 0.336 e. The second kappa shape index (κ2) is 7.77. The van der Waals surface area contributed by atoms with Gasteiger partial charge in [-0.3, -0.25) is 4.79 Å². The Morgan fingerprint density at radius 3 is 2.07 bits per heavy atom. The van der Waals surface area contributed by atoms with Gasteiger partial charge in [-0.15, -0.1) is 12.6 Å². The first-order chi connectivity index (χ1) is 7.13. The lowest BCUT2D eigenvalue weighted by Gasteiger charge is -2.27. The Hall–Kier alpha value is -0.480. The van der Waals surface area contributed by atoms with Gasteiger partial charge in [0.15, 0.2) is 0 Å². The highest BCUT2D eigenvalue weighted by Crippen LogP contribution is 2.12. The lowest BCUT2D eigenvalue weighted by Crippen LogP contribution is -2.46. The quantitative estimate of drug-likeness (QED) is 0.530. The van der Waals surface area contributed by atoms with Crippen LogP contribution in [-0.2, 0) is 4.79 Å². The van der Waals surface area contributed by atoms with Gasteiger partial charge in [-0.25, -0.2) is 0 Å². The fourth-order valence-corrected chi connectivity index (χ4v) is 1.37. The minimum atomic E-state index is 0.0600. The smallest absolute Gasteiger partial charge is 0.260 e. The van der Waals surface area contributed by atoms with Crippen LogP contribution in [0, 0.1) is 0 Å². The summed E-state index contributed by atoms with van der Waals surface area (Å²) >= 11 is 4.20. The van der Waals surface area contributed by atoms with E-state index in [4.69, 9.17) is 0 Å². The van der Waals surface area contributed by atoms with Crippen LogP contribution in [0.25, 0.3) is 0 Å². The highest BCUT2D eigenvalue weighted by molar-refractivity contribution is 7.85. The van der Waals surface area contributed by atoms with Crippen LogP contribution in [0.1, 0.15) is 27.7 Å². The van der Waals surface area contributed by atoms with Crippen molar-refractivity contribution in [3.05, 3.63) is 10.5 Å². The standard InChI is InChI=1S/C9H16N2OS.C2H6/c1-7(2)8(13)9(12)11-5-3-10-4-6-11;1-2/h10,13H,3-6H2,1-2H3;1-2H3. The molecule has 4 heteroatoms. The van der Waals surface area contributed by atoms with Crippen LogP contribution in [0.2, 0.25) is 0 Å². The maximum Gasteiger partial charge on any atom is 0.260 e. The number of carbonyl (C=O) groups excluding carboxylic acids is 1. The monoisotopic (exact) mass is 230 g/mol. The fraction of sp³-hybridized carbons (Fsp3) is 0.727. The topological polar surface area (TPSA) is 32.3 Å². The Bertz CT molecular complexity index is 229. The Morgan fingerprint density at radius 1 is 1.20 bits per heavy atom. The molecule has 0 spiro atoms. The maximum absolute atomic E-state index is 11.7. The molecule has 1 N–H and O–H groups in total. The van der Waals surface area contributed by atoms with Crippen molar-refractivity contribution in [2.24, 2.45) is 0 Å². The summed E-state index contributed by atoms with van der Waals surface area (Å²) < 4.78 is 0. The van der Waals surface area contributed by atoms with E-state index in [9.17, 15) is 4.79 Å². The number of piperazine rings is 1. The lowest BCUT2D eigenvalue weighted by atomic mass is 10.2. The second-order valence-corrected chi connectivity index (χ2v) is 3.84. The van der Waals surface area contributed by atoms with Crippen LogP contribution in [0.3, 0.4) is 0 Å². The number of nitrogens with one attached hydrogen (secondary N) is 1. The summed E-state index contributed by atoms with van der Waals surface area (Å²) in [6.07, 6.45) is 0. The summed E-state index contributed by atoms with van der Waals surface area (Å²) in [5, 5.41) is 3.20. The second-order valence-electron chi connectivity index (χ2n) is 3.39. The molecule has 0 aromatic heterocycles. The molecule has 0 radical (unpaired) electrons. The van der Waals surface area contributed by atoms with Gasteiger partial charge in [-0.1, -0.05) is 19.4 Å². The summed E-state index contributed by atoms with van der Waals surface area (Å²) in [5.74, 6) is 0.0600. The van der Waals surface area contributed by atoms with Crippen LogP contribution in [0.4, 0.5) is 0 Å². The normalized spacial score (nSPS) is 15.1. The van der Waals surface area contributed by atoms with E-state index in [1.165, 1.54) is 0 Å². The van der Waals surface area contributed by atoms with Crippen molar-refractivity contribution >= 4 is 18.5 Å². The molecule has 1 fully saturated rings. The van der Waals surface area contributed by atoms with Gasteiger partial charge in [-0.2, -0.15) is 0 Å². The minimum absolute atomic E-state index is 0.0600. The highest BCUT2D eigenvalue weighted by Gasteiger charge is 2.18. The average Bonchev–Trinajstić information content (AvgIpc) is 2.31. The zero-order valence-electron chi connectivity index (χ0n) is 10.1. The van der Waals surface area contributed by atoms with Crippen molar-refractivity contribution < 1.29 is 4.79 Å². The van der Waals surface area contributed by atoms with Gasteiger partial charge in [0.2, 0.25) is 0 Å². The van der Waals surface area contributed by atoms with Crippen molar-refractivity contribution in [2.45, 2.75) is 27.7 Å². The summed E-state index contributed by atoms with van der Waals surface area (Å²) in [5.41, 5.74) is 0.979. The summed E-state index contributed by atoms with van der Waals surface area (Å²) in [7, 11) is 0. The van der Waals surface area contributed by atoms with E-state index in [2.05, 4.69) is 17.9 Å². The first kappa shape index (κ1) is 14.5. The SMILES string of the molecule is CC.CC(C)=C(S)C(=O)N1CCNCC1. The molecule has 0 saturated carbocycles. The molecule has 15 heavy (non-hydrogen) atoms. The molecule has 0 aromatic carbocycles. The van der Waals surface area contributed by atoms with Gasteiger partial charge >= 0.3 is 0 Å². The van der Waals surface area contributed by atoms with E-state index in [1.54, 1.807) is 0 Å². The van der Waals surface area contributed by atoms with Crippen molar-refractivity contribution in [3.8, 4) is 0 Å². The third-order valence-corrected chi connectivity index (χ3v) is 2.72. The number of hydrogen-bond donors (Lipinski definition) is 2. The van der Waals surface area contributed by atoms with Crippen LogP contribution in [-0.4, -0.2) is 37.0 Å². The number of carbonyl (C=O) groups is 1. The number of thiol groups is 1. The van der Waals surface area contributed by atoms with Gasteiger partial charge in [-0.05, 0) is 13.8 Å². The van der Waals surface area contributed by atoms with Crippen LogP contribution in [0.5, 0.6) is 0 Å². The van der Waals surface area contributed by atoms with Crippen LogP contribution >= 0.6 is 12.6 Å². The molecule has 0 atom stereocenters. The minimum Gasteiger partial charge on any atom is -0.336 e. The molecular formula is C11H22N2OS. The molecule has 0 unspecified atom stereocenters. The predicted octanol–water partition coefficient (Wildman–Crippen LogP) is 1.67. The molecule has 3 nitrogen and oxygen atoms in total. The Morgan fingerprint density at radius 2 is 1.67 bits per heavy atom. The molecule has 1 heterocycles. The molecule has 1 aliphatic rings. The van der Waals surface area contributed by atoms with Gasteiger partial charge in [0.1, 0.15) is 0 Å². The average molecular weight is 230 g/mol. The number of nitrogens with zero attached hydrogens (tertiary/aromatic N) is 1. The number of allylic oxidation sites excluding steroid dienone is 1. The van der Waals surface area contributed by atoms with E-state index in [0.717, 1.165) is 31.8 Å². The van der Waals surface area contributed by atoms with Crippen LogP contribution < -0.4 is 5.32 Å². The van der Waals surface area contributed by atoms with Crippen LogP contribution in [0.15, 0.2) is 10.5 Å². The highest BCUT2D eigenvalue weighted by atomic mass is 32.1. The Labute approximate surface area is 98.3 Å². The van der Waals surface area contributed by atoms with E-state index in [1.807, 2.05) is 32.6 Å². The molecule has 1 aliphatic heterocycles. The summed E-state index contributed by atoms with van der Waals surface area (Å²) in [4.78, 5) is 14.1. The van der Waals surface area contributed by atoms with E-state index in [0.29, 0.717) is 4.91 Å². The van der Waals surface area contributed by atoms with Crippen molar-refractivity contribution in [2.75, 3.05) is 26.2 Å². The third-order valence-electron chi connectivity index (χ3n) is 2.08. The maximum atomic E-state index is 11.7. The molecular weight excluding hydrogens is 208 g/mol. The fourth-order valence-electron chi connectivity index (χ4n) is 1.23. The van der Waals surface area contributed by atoms with Gasteiger partial charge < -0.3 is 10.2 Å². The van der Waals surface area contributed by atoms with Gasteiger partial charge in [0.25, 0.3) is 5.91 Å². The first-order valence-corrected chi connectivity index (χ1v) is 5.94. The number of hydrogen-bond acceptors (Lipinski definition) is 3. The zero-order chi connectivity index (χ0) is 11.8. The first-order valence-electron chi connectivity index (χ1n) is 5.49. The Kier molecular flexibility index (Phi) is 7.52. The van der Waals surface area contributed by atoms with Gasteiger partial charge in [0, 0.05) is 26.2 Å². The molecule has 1 amide bonds. The molecule has 1 saturated heterocycles. The number of amides is 1. The van der Waals surface area contributed by atoms with Crippen molar-refractivity contribution in [1.82, 2.24) is 10.2 Å². The summed E-state index contributed by atoms with van der Waals surface area (Å²) in [6.45, 7) is 11.2. The molecule has 1 rings (SSSR count).